The number of allylic oxidation sites excluding steroid dienone is 2. The molecule has 2 rings (SSSR count). The van der Waals surface area contributed by atoms with Gasteiger partial charge in [0.15, 0.2) is 0 Å². The highest BCUT2D eigenvalue weighted by Crippen LogP contribution is 2.38. The largest absolute Gasteiger partial charge is 0.496 e. The third kappa shape index (κ3) is 3.56. The Bertz CT molecular complexity index is 805. The molecule has 1 unspecified atom stereocenters. The lowest BCUT2D eigenvalue weighted by molar-refractivity contribution is -0.137. The van der Waals surface area contributed by atoms with Crippen LogP contribution in [0.5, 0.6) is 5.75 Å². The third-order valence-corrected chi connectivity index (χ3v) is 4.78. The Morgan fingerprint density at radius 2 is 2.00 bits per heavy atom. The lowest BCUT2D eigenvalue weighted by atomic mass is 9.89. The van der Waals surface area contributed by atoms with Crippen molar-refractivity contribution in [3.05, 3.63) is 39.5 Å². The van der Waals surface area contributed by atoms with Crippen molar-refractivity contribution in [3.8, 4) is 5.75 Å². The second-order valence-electron chi connectivity index (χ2n) is 6.40. The molecule has 1 aliphatic rings. The van der Waals surface area contributed by atoms with Gasteiger partial charge in [-0.3, -0.25) is 4.79 Å². The number of aromatic carboxylic acids is 1. The van der Waals surface area contributed by atoms with Crippen molar-refractivity contribution < 1.29 is 34.1 Å². The van der Waals surface area contributed by atoms with Gasteiger partial charge in [-0.15, -0.1) is 0 Å². The summed E-state index contributed by atoms with van der Waals surface area (Å²) in [7, 11) is 1.45. The molecule has 1 atom stereocenters. The second kappa shape index (κ2) is 7.59. The van der Waals surface area contributed by atoms with Crippen LogP contribution in [-0.4, -0.2) is 35.2 Å². The molecule has 1 heterocycles. The van der Waals surface area contributed by atoms with Crippen LogP contribution in [0.1, 0.15) is 57.7 Å². The maximum atomic E-state index is 12.1. The molecule has 0 spiro atoms. The number of ether oxygens (including phenoxy) is 2. The average Bonchev–Trinajstić information content (AvgIpc) is 2.93. The number of cyclic esters (lactones) is 1. The van der Waals surface area contributed by atoms with Crippen molar-refractivity contribution in [2.24, 2.45) is 5.92 Å². The number of carboxylic acids is 2. The Labute approximate surface area is 151 Å². The molecule has 2 N–H and O–H groups in total. The molecule has 0 saturated heterocycles. The van der Waals surface area contributed by atoms with Gasteiger partial charge in [0, 0.05) is 11.1 Å². The van der Waals surface area contributed by atoms with E-state index in [1.165, 1.54) is 7.11 Å². The van der Waals surface area contributed by atoms with Crippen molar-refractivity contribution in [1.82, 2.24) is 0 Å². The van der Waals surface area contributed by atoms with Crippen LogP contribution in [0.3, 0.4) is 0 Å². The maximum absolute atomic E-state index is 12.1. The Balaban J connectivity index is 2.56. The summed E-state index contributed by atoms with van der Waals surface area (Å²) < 4.78 is 10.4. The number of esters is 1. The average molecular weight is 362 g/mol. The lowest BCUT2D eigenvalue weighted by Gasteiger charge is -2.17. The van der Waals surface area contributed by atoms with Crippen molar-refractivity contribution in [3.63, 3.8) is 0 Å². The number of carbonyl (C=O) groups is 3. The summed E-state index contributed by atoms with van der Waals surface area (Å²) >= 11 is 0. The molecule has 1 aliphatic heterocycles. The molecule has 1 aromatic rings. The minimum Gasteiger partial charge on any atom is -0.496 e. The van der Waals surface area contributed by atoms with Crippen LogP contribution in [0, 0.1) is 12.8 Å². The summed E-state index contributed by atoms with van der Waals surface area (Å²) in [6, 6.07) is 0. The van der Waals surface area contributed by atoms with E-state index in [0.29, 0.717) is 22.4 Å². The number of hydrogen-bond acceptors (Lipinski definition) is 5. The van der Waals surface area contributed by atoms with Gasteiger partial charge >= 0.3 is 17.9 Å². The highest BCUT2D eigenvalue weighted by atomic mass is 16.5. The van der Waals surface area contributed by atoms with E-state index in [4.69, 9.17) is 14.6 Å². The van der Waals surface area contributed by atoms with Gasteiger partial charge < -0.3 is 19.7 Å². The van der Waals surface area contributed by atoms with E-state index < -0.39 is 17.9 Å². The van der Waals surface area contributed by atoms with Crippen LogP contribution >= 0.6 is 0 Å². The first kappa shape index (κ1) is 19.5. The van der Waals surface area contributed by atoms with E-state index in [-0.39, 0.29) is 36.5 Å². The van der Waals surface area contributed by atoms with Gasteiger partial charge in [0.2, 0.25) is 0 Å². The van der Waals surface area contributed by atoms with Crippen LogP contribution in [0.25, 0.3) is 0 Å². The second-order valence-corrected chi connectivity index (χ2v) is 6.40. The molecule has 0 fully saturated rings. The molecule has 1 aromatic carbocycles. The van der Waals surface area contributed by atoms with Gasteiger partial charge in [0.1, 0.15) is 12.4 Å². The number of benzene rings is 1. The summed E-state index contributed by atoms with van der Waals surface area (Å²) in [6.07, 6.45) is 1.98. The molecule has 26 heavy (non-hydrogen) atoms. The third-order valence-electron chi connectivity index (χ3n) is 4.78. The van der Waals surface area contributed by atoms with Crippen LogP contribution in [0.15, 0.2) is 11.6 Å². The first-order chi connectivity index (χ1) is 12.2. The summed E-state index contributed by atoms with van der Waals surface area (Å²) in [5.41, 5.74) is 2.39. The van der Waals surface area contributed by atoms with Gasteiger partial charge in [0.25, 0.3) is 0 Å². The molecule has 140 valence electrons. The van der Waals surface area contributed by atoms with E-state index in [2.05, 4.69) is 0 Å². The van der Waals surface area contributed by atoms with E-state index in [1.807, 2.05) is 0 Å². The standard InChI is InChI=1S/C19H22O7/c1-9(10(2)7-14(20)21)5-6-12-15(18(22)23)16-13(8-26-19(16)24)11(3)17(12)25-4/h5,10H,6-8H2,1-4H3,(H,20,21)(H,22,23). The highest BCUT2D eigenvalue weighted by molar-refractivity contribution is 6.07. The highest BCUT2D eigenvalue weighted by Gasteiger charge is 2.34. The number of methoxy groups -OCH3 is 1. The first-order valence-corrected chi connectivity index (χ1v) is 8.20. The Morgan fingerprint density at radius 1 is 1.35 bits per heavy atom. The van der Waals surface area contributed by atoms with Gasteiger partial charge in [-0.1, -0.05) is 18.6 Å². The minimum atomic E-state index is -1.22. The fourth-order valence-corrected chi connectivity index (χ4v) is 3.18. The zero-order valence-corrected chi connectivity index (χ0v) is 15.2. The van der Waals surface area contributed by atoms with Gasteiger partial charge in [0.05, 0.1) is 24.7 Å². The molecule has 7 nitrogen and oxygen atoms in total. The maximum Gasteiger partial charge on any atom is 0.339 e. The minimum absolute atomic E-state index is 0.0131. The van der Waals surface area contributed by atoms with Crippen molar-refractivity contribution in [2.75, 3.05) is 7.11 Å². The van der Waals surface area contributed by atoms with Crippen LogP contribution in [-0.2, 0) is 22.6 Å². The molecular weight excluding hydrogens is 340 g/mol. The number of hydrogen-bond donors (Lipinski definition) is 2. The number of aliphatic carboxylic acids is 1. The fourth-order valence-electron chi connectivity index (χ4n) is 3.18. The number of fused-ring (bicyclic) bond motifs is 1. The van der Waals surface area contributed by atoms with E-state index in [1.54, 1.807) is 26.8 Å². The van der Waals surface area contributed by atoms with Crippen LogP contribution < -0.4 is 4.74 Å². The molecule has 0 radical (unpaired) electrons. The summed E-state index contributed by atoms with van der Waals surface area (Å²) in [6.45, 7) is 5.38. The molecule has 7 heteroatoms. The van der Waals surface area contributed by atoms with Gasteiger partial charge in [-0.25, -0.2) is 9.59 Å². The predicted octanol–water partition coefficient (Wildman–Crippen LogP) is 2.97. The summed E-state index contributed by atoms with van der Waals surface area (Å²) in [5.74, 6) is -2.55. The summed E-state index contributed by atoms with van der Waals surface area (Å²) in [5, 5.41) is 18.6. The molecule has 0 aromatic heterocycles. The number of carbonyl (C=O) groups excluding carboxylic acids is 1. The van der Waals surface area contributed by atoms with Crippen LogP contribution in [0.4, 0.5) is 0 Å². The predicted molar refractivity (Wildman–Crippen MR) is 92.7 cm³/mol. The molecular formula is C19H22O7. The van der Waals surface area contributed by atoms with Crippen molar-refractivity contribution in [1.29, 1.82) is 0 Å². The van der Waals surface area contributed by atoms with Crippen molar-refractivity contribution >= 4 is 17.9 Å². The lowest BCUT2D eigenvalue weighted by Crippen LogP contribution is -2.14. The number of rotatable bonds is 7. The SMILES string of the molecule is COc1c(C)c2c(c(C(=O)O)c1CC=C(C)C(C)CC(=O)O)C(=O)OC2. The Hall–Kier alpha value is -2.83. The van der Waals surface area contributed by atoms with E-state index in [9.17, 15) is 19.5 Å². The van der Waals surface area contributed by atoms with Crippen LogP contribution in [0.2, 0.25) is 0 Å². The first-order valence-electron chi connectivity index (χ1n) is 8.20. The van der Waals surface area contributed by atoms with Crippen molar-refractivity contribution in [2.45, 2.75) is 40.2 Å². The summed E-state index contributed by atoms with van der Waals surface area (Å²) in [4.78, 5) is 34.8. The smallest absolute Gasteiger partial charge is 0.339 e. The Kier molecular flexibility index (Phi) is 5.69. The van der Waals surface area contributed by atoms with Gasteiger partial charge in [-0.05, 0) is 31.7 Å². The zero-order valence-electron chi connectivity index (χ0n) is 15.2. The fraction of sp³-hybridized carbons (Fsp3) is 0.421. The van der Waals surface area contributed by atoms with E-state index >= 15 is 0 Å². The zero-order chi connectivity index (χ0) is 19.6. The Morgan fingerprint density at radius 3 is 2.54 bits per heavy atom. The monoisotopic (exact) mass is 362 g/mol. The molecule has 0 amide bonds. The number of carboxylic acid groups (broad SMARTS) is 2. The normalized spacial score (nSPS) is 14.6. The molecule has 0 bridgehead atoms. The topological polar surface area (TPSA) is 110 Å². The quantitative estimate of drug-likeness (QED) is 0.567. The van der Waals surface area contributed by atoms with Gasteiger partial charge in [-0.2, -0.15) is 0 Å². The van der Waals surface area contributed by atoms with E-state index in [0.717, 1.165) is 5.57 Å². The molecule has 0 saturated carbocycles. The molecule has 0 aliphatic carbocycles.